The van der Waals surface area contributed by atoms with Crippen LogP contribution < -0.4 is 5.32 Å². The van der Waals surface area contributed by atoms with E-state index in [0.29, 0.717) is 5.56 Å². The monoisotopic (exact) mass is 267 g/mol. The van der Waals surface area contributed by atoms with E-state index in [9.17, 15) is 4.79 Å². The maximum absolute atomic E-state index is 11.0. The van der Waals surface area contributed by atoms with E-state index in [1.54, 1.807) is 23.9 Å². The van der Waals surface area contributed by atoms with Crippen LogP contribution in [0.1, 0.15) is 36.5 Å². The molecule has 0 atom stereocenters. The molecule has 0 aliphatic rings. The second kappa shape index (κ2) is 9.00. The molecule has 0 aliphatic heterocycles. The zero-order chi connectivity index (χ0) is 13.2. The Morgan fingerprint density at radius 2 is 2.00 bits per heavy atom. The first-order valence-corrected chi connectivity index (χ1v) is 7.40. The van der Waals surface area contributed by atoms with Gasteiger partial charge in [-0.2, -0.15) is 0 Å². The fourth-order valence-corrected chi connectivity index (χ4v) is 2.57. The number of hydrogen-bond donors (Lipinski definition) is 2. The summed E-state index contributed by atoms with van der Waals surface area (Å²) >= 11 is 1.62. The van der Waals surface area contributed by atoms with Crippen LogP contribution >= 0.6 is 11.8 Å². The van der Waals surface area contributed by atoms with Crippen LogP contribution in [0.5, 0.6) is 0 Å². The Kier molecular flexibility index (Phi) is 7.53. The summed E-state index contributed by atoms with van der Waals surface area (Å²) in [6.07, 6.45) is 3.49. The number of carbonyl (C=O) groups is 1. The fraction of sp³-hybridized carbons (Fsp3) is 0.500. The highest BCUT2D eigenvalue weighted by molar-refractivity contribution is 7.99. The van der Waals surface area contributed by atoms with Gasteiger partial charge in [-0.1, -0.05) is 25.5 Å². The van der Waals surface area contributed by atoms with Gasteiger partial charge in [-0.3, -0.25) is 0 Å². The van der Waals surface area contributed by atoms with Crippen LogP contribution in [0.25, 0.3) is 0 Å². The van der Waals surface area contributed by atoms with Crippen molar-refractivity contribution in [2.45, 2.75) is 31.1 Å². The molecule has 0 bridgehead atoms. The summed E-state index contributed by atoms with van der Waals surface area (Å²) in [5.74, 6) is 0.0998. The molecule has 18 heavy (non-hydrogen) atoms. The van der Waals surface area contributed by atoms with Gasteiger partial charge in [0.1, 0.15) is 0 Å². The number of aromatic carboxylic acids is 1. The molecule has 4 heteroatoms. The van der Waals surface area contributed by atoms with Gasteiger partial charge in [0.2, 0.25) is 0 Å². The summed E-state index contributed by atoms with van der Waals surface area (Å²) < 4.78 is 0. The van der Waals surface area contributed by atoms with Gasteiger partial charge in [-0.25, -0.2) is 4.79 Å². The standard InChI is InChI=1S/C14H21NO2S/c1-2-3-9-15-10-6-11-18-13-8-5-4-7-12(13)14(16)17/h4-5,7-8,15H,2-3,6,9-11H2,1H3,(H,16,17). The van der Waals surface area contributed by atoms with Crippen molar-refractivity contribution < 1.29 is 9.90 Å². The second-order valence-corrected chi connectivity index (χ2v) is 5.24. The van der Waals surface area contributed by atoms with Crippen molar-refractivity contribution in [1.29, 1.82) is 0 Å². The molecule has 0 saturated heterocycles. The normalized spacial score (nSPS) is 10.5. The van der Waals surface area contributed by atoms with E-state index < -0.39 is 5.97 Å². The zero-order valence-corrected chi connectivity index (χ0v) is 11.6. The minimum atomic E-state index is -0.848. The van der Waals surface area contributed by atoms with E-state index in [0.717, 1.165) is 30.2 Å². The van der Waals surface area contributed by atoms with Gasteiger partial charge < -0.3 is 10.4 Å². The van der Waals surface area contributed by atoms with Crippen molar-refractivity contribution in [2.24, 2.45) is 0 Å². The van der Waals surface area contributed by atoms with Crippen LogP contribution in [0, 0.1) is 0 Å². The third-order valence-corrected chi connectivity index (χ3v) is 3.74. The molecule has 1 aromatic carbocycles. The highest BCUT2D eigenvalue weighted by atomic mass is 32.2. The Hall–Kier alpha value is -1.00. The Balaban J connectivity index is 2.25. The predicted molar refractivity (Wildman–Crippen MR) is 76.5 cm³/mol. The summed E-state index contributed by atoms with van der Waals surface area (Å²) in [7, 11) is 0. The first-order chi connectivity index (χ1) is 8.75. The van der Waals surface area contributed by atoms with Crippen LogP contribution in [-0.4, -0.2) is 29.9 Å². The number of nitrogens with one attached hydrogen (secondary N) is 1. The van der Waals surface area contributed by atoms with Gasteiger partial charge in [0.05, 0.1) is 5.56 Å². The molecular weight excluding hydrogens is 246 g/mol. The highest BCUT2D eigenvalue weighted by Gasteiger charge is 2.08. The largest absolute Gasteiger partial charge is 0.478 e. The van der Waals surface area contributed by atoms with Crippen molar-refractivity contribution in [3.63, 3.8) is 0 Å². The van der Waals surface area contributed by atoms with Gasteiger partial charge >= 0.3 is 5.97 Å². The Bertz CT molecular complexity index is 369. The number of carboxylic acid groups (broad SMARTS) is 1. The molecule has 0 amide bonds. The van der Waals surface area contributed by atoms with Crippen LogP contribution in [-0.2, 0) is 0 Å². The lowest BCUT2D eigenvalue weighted by Crippen LogP contribution is -2.16. The Morgan fingerprint density at radius 1 is 1.28 bits per heavy atom. The minimum Gasteiger partial charge on any atom is -0.478 e. The average Bonchev–Trinajstić information content (AvgIpc) is 2.38. The SMILES string of the molecule is CCCCNCCCSc1ccccc1C(=O)O. The maximum Gasteiger partial charge on any atom is 0.336 e. The van der Waals surface area contributed by atoms with Gasteiger partial charge in [0, 0.05) is 4.90 Å². The van der Waals surface area contributed by atoms with Crippen molar-refractivity contribution in [3.8, 4) is 0 Å². The highest BCUT2D eigenvalue weighted by Crippen LogP contribution is 2.22. The third-order valence-electron chi connectivity index (χ3n) is 2.58. The Morgan fingerprint density at radius 3 is 2.72 bits per heavy atom. The van der Waals surface area contributed by atoms with Gasteiger partial charge in [-0.15, -0.1) is 11.8 Å². The number of rotatable bonds is 9. The number of carboxylic acids is 1. The number of unbranched alkanes of at least 4 members (excludes halogenated alkanes) is 1. The predicted octanol–water partition coefficient (Wildman–Crippen LogP) is 3.26. The first-order valence-electron chi connectivity index (χ1n) is 6.41. The van der Waals surface area contributed by atoms with E-state index in [-0.39, 0.29) is 0 Å². The van der Waals surface area contributed by atoms with Gasteiger partial charge in [0.15, 0.2) is 0 Å². The lowest BCUT2D eigenvalue weighted by Gasteiger charge is -2.06. The molecule has 1 aromatic rings. The van der Waals surface area contributed by atoms with Gasteiger partial charge in [0.25, 0.3) is 0 Å². The van der Waals surface area contributed by atoms with Crippen LogP contribution in [0.4, 0.5) is 0 Å². The number of thioether (sulfide) groups is 1. The summed E-state index contributed by atoms with van der Waals surface area (Å²) in [5, 5.41) is 12.4. The lowest BCUT2D eigenvalue weighted by molar-refractivity contribution is 0.0693. The van der Waals surface area contributed by atoms with Crippen molar-refractivity contribution >= 4 is 17.7 Å². The molecule has 0 fully saturated rings. The van der Waals surface area contributed by atoms with E-state index in [1.807, 2.05) is 12.1 Å². The quantitative estimate of drug-likeness (QED) is 0.532. The second-order valence-electron chi connectivity index (χ2n) is 4.11. The molecule has 0 aliphatic carbocycles. The fourth-order valence-electron chi connectivity index (χ4n) is 1.58. The van der Waals surface area contributed by atoms with E-state index >= 15 is 0 Å². The molecule has 0 heterocycles. The van der Waals surface area contributed by atoms with Gasteiger partial charge in [-0.05, 0) is 43.8 Å². The molecule has 2 N–H and O–H groups in total. The summed E-state index contributed by atoms with van der Waals surface area (Å²) in [6, 6.07) is 7.18. The zero-order valence-electron chi connectivity index (χ0n) is 10.8. The van der Waals surface area contributed by atoms with Crippen LogP contribution in [0.2, 0.25) is 0 Å². The van der Waals surface area contributed by atoms with Crippen molar-refractivity contribution in [2.75, 3.05) is 18.8 Å². The first kappa shape index (κ1) is 15.1. The molecule has 100 valence electrons. The smallest absolute Gasteiger partial charge is 0.336 e. The molecule has 3 nitrogen and oxygen atoms in total. The van der Waals surface area contributed by atoms with E-state index in [1.165, 1.54) is 12.8 Å². The molecule has 0 saturated carbocycles. The van der Waals surface area contributed by atoms with Crippen molar-refractivity contribution in [1.82, 2.24) is 5.32 Å². The summed E-state index contributed by atoms with van der Waals surface area (Å²) in [6.45, 7) is 4.26. The number of hydrogen-bond acceptors (Lipinski definition) is 3. The summed E-state index contributed by atoms with van der Waals surface area (Å²) in [5.41, 5.74) is 0.404. The molecule has 0 radical (unpaired) electrons. The Labute approximate surface area is 113 Å². The van der Waals surface area contributed by atoms with Crippen LogP contribution in [0.3, 0.4) is 0 Å². The maximum atomic E-state index is 11.0. The average molecular weight is 267 g/mol. The molecular formula is C14H21NO2S. The molecule has 0 aromatic heterocycles. The molecule has 0 unspecified atom stereocenters. The van der Waals surface area contributed by atoms with Crippen molar-refractivity contribution in [3.05, 3.63) is 29.8 Å². The van der Waals surface area contributed by atoms with Crippen LogP contribution in [0.15, 0.2) is 29.2 Å². The topological polar surface area (TPSA) is 49.3 Å². The minimum absolute atomic E-state index is 0.404. The third kappa shape index (κ3) is 5.56. The van der Waals surface area contributed by atoms with E-state index in [2.05, 4.69) is 12.2 Å². The number of benzene rings is 1. The summed E-state index contributed by atoms with van der Waals surface area (Å²) in [4.78, 5) is 11.9. The lowest BCUT2D eigenvalue weighted by atomic mass is 10.2. The molecule has 0 spiro atoms. The molecule has 1 rings (SSSR count). The van der Waals surface area contributed by atoms with E-state index in [4.69, 9.17) is 5.11 Å².